The minimum absolute atomic E-state index is 0.0769. The van der Waals surface area contributed by atoms with Crippen molar-refractivity contribution in [3.63, 3.8) is 0 Å². The van der Waals surface area contributed by atoms with Crippen molar-refractivity contribution in [3.8, 4) is 0 Å². The number of fused-ring (bicyclic) bond motifs is 16. The summed E-state index contributed by atoms with van der Waals surface area (Å²) in [5.74, 6) is -3.83. The second kappa shape index (κ2) is 30.8. The van der Waals surface area contributed by atoms with Crippen LogP contribution in [0, 0.1) is 27.7 Å². The number of carbonyl (C=O) groups excluding carboxylic acids is 6. The van der Waals surface area contributed by atoms with Gasteiger partial charge in [0.25, 0.3) is 23.6 Å². The van der Waals surface area contributed by atoms with Crippen molar-refractivity contribution < 1.29 is 38.2 Å². The van der Waals surface area contributed by atoms with Gasteiger partial charge in [0.05, 0.1) is 104 Å². The highest BCUT2D eigenvalue weighted by Gasteiger charge is 2.44. The number of rotatable bonds is 24. The predicted molar refractivity (Wildman–Crippen MR) is 416 cm³/mol. The number of carbonyl (C=O) groups is 6. The zero-order valence-corrected chi connectivity index (χ0v) is 63.8. The van der Waals surface area contributed by atoms with Gasteiger partial charge in [0.15, 0.2) is 0 Å². The highest BCUT2D eigenvalue weighted by molar-refractivity contribution is 6.24. The van der Waals surface area contributed by atoms with Gasteiger partial charge in [0, 0.05) is 82.8 Å². The van der Waals surface area contributed by atoms with Crippen LogP contribution in [0.3, 0.4) is 0 Å². The minimum atomic E-state index is -0.445. The number of nitrogens with zero attached hydrogens (tertiary/aromatic N) is 6. The lowest BCUT2D eigenvalue weighted by atomic mass is 9.83. The van der Waals surface area contributed by atoms with Crippen LogP contribution in [-0.2, 0) is 31.9 Å². The lowest BCUT2D eigenvalue weighted by molar-refractivity contribution is -0.141. The van der Waals surface area contributed by atoms with Crippen molar-refractivity contribution in [2.45, 2.75) is 223 Å². The van der Waals surface area contributed by atoms with Gasteiger partial charge in [-0.3, -0.25) is 48.5 Å². The van der Waals surface area contributed by atoms with Crippen LogP contribution in [0.5, 0.6) is 0 Å². The molecule has 0 saturated carbocycles. The summed E-state index contributed by atoms with van der Waals surface area (Å²) in [4.78, 5) is 127. The van der Waals surface area contributed by atoms with E-state index in [0.717, 1.165) is 187 Å². The second-order valence-corrected chi connectivity index (χ2v) is 28.9. The van der Waals surface area contributed by atoms with Gasteiger partial charge in [0.1, 0.15) is 0 Å². The molecule has 4 amide bonds. The van der Waals surface area contributed by atoms with E-state index in [4.69, 9.17) is 29.4 Å². The molecule has 0 aromatic carbocycles. The third kappa shape index (κ3) is 13.2. The average molecular weight is 1400 g/mol. The van der Waals surface area contributed by atoms with Crippen LogP contribution in [0.25, 0.3) is 78.6 Å². The van der Waals surface area contributed by atoms with E-state index in [1.807, 2.05) is 50.3 Å². The van der Waals surface area contributed by atoms with Gasteiger partial charge in [0.2, 0.25) is 0 Å². The van der Waals surface area contributed by atoms with E-state index in [1.54, 1.807) is 0 Å². The fourth-order valence-corrected chi connectivity index (χ4v) is 17.0. The summed E-state index contributed by atoms with van der Waals surface area (Å²) in [5.41, 5.74) is 24.7. The number of ether oxygens (including phenoxy) is 2. The Bertz CT molecular complexity index is 4760. The Kier molecular flexibility index (Phi) is 21.9. The Morgan fingerprint density at radius 3 is 1.15 bits per heavy atom. The summed E-state index contributed by atoms with van der Waals surface area (Å²) in [6.07, 6.45) is 22.8. The number of methoxy groups -OCH3 is 2. The zero-order valence-electron chi connectivity index (χ0n) is 63.8. The second-order valence-electron chi connectivity index (χ2n) is 28.9. The monoisotopic (exact) mass is 1400 g/mol. The molecule has 6 aromatic heterocycles. The van der Waals surface area contributed by atoms with Gasteiger partial charge in [-0.2, -0.15) is 0 Å². The minimum Gasteiger partial charge on any atom is -0.469 e. The molecule has 0 fully saturated rings. The number of imide groups is 2. The normalized spacial score (nSPS) is 17.5. The third-order valence-corrected chi connectivity index (χ3v) is 23.0. The van der Waals surface area contributed by atoms with Crippen LogP contribution in [0.4, 0.5) is 0 Å². The molecule has 104 heavy (non-hydrogen) atoms. The fourth-order valence-electron chi connectivity index (χ4n) is 17.0. The number of unbranched alkanes of at least 4 members (excludes halogenated alkanes) is 6. The maximum Gasteiger partial charge on any atom is 0.305 e. The van der Waals surface area contributed by atoms with E-state index in [9.17, 15) is 19.2 Å². The Labute approximate surface area is 610 Å². The molecule has 4 N–H and O–H groups in total. The van der Waals surface area contributed by atoms with Crippen molar-refractivity contribution in [2.75, 3.05) is 27.3 Å². The fraction of sp³-hybridized carbons (Fsp3) is 0.442. The summed E-state index contributed by atoms with van der Waals surface area (Å²) >= 11 is 0. The van der Waals surface area contributed by atoms with E-state index >= 15 is 9.59 Å². The Morgan fingerprint density at radius 2 is 0.798 bits per heavy atom. The Morgan fingerprint density at radius 1 is 0.433 bits per heavy atom. The Balaban J connectivity index is 1.10. The van der Waals surface area contributed by atoms with Gasteiger partial charge in [-0.15, -0.1) is 0 Å². The number of aromatic amines is 4. The summed E-state index contributed by atoms with van der Waals surface area (Å²) in [7, 11) is 2.77. The van der Waals surface area contributed by atoms with Crippen molar-refractivity contribution in [3.05, 3.63) is 161 Å². The van der Waals surface area contributed by atoms with E-state index in [-0.39, 0.29) is 61.5 Å². The first kappa shape index (κ1) is 73.9. The number of amides is 4. The molecule has 12 rings (SSSR count). The molecule has 6 aliphatic heterocycles. The van der Waals surface area contributed by atoms with Crippen LogP contribution in [0.15, 0.2) is 48.6 Å². The maximum absolute atomic E-state index is 15.6. The van der Waals surface area contributed by atoms with Crippen LogP contribution >= 0.6 is 0 Å². The number of esters is 2. The van der Waals surface area contributed by atoms with Crippen LogP contribution in [-0.4, -0.2) is 113 Å². The summed E-state index contributed by atoms with van der Waals surface area (Å²) in [5, 5.41) is 0. The lowest BCUT2D eigenvalue weighted by Crippen LogP contribution is -2.41. The van der Waals surface area contributed by atoms with Crippen molar-refractivity contribution in [1.82, 2.24) is 49.7 Å². The number of hydrogen-bond acceptors (Lipinski definition) is 12. The molecular formula is C86H102N10O8. The van der Waals surface area contributed by atoms with Gasteiger partial charge in [-0.25, -0.2) is 9.97 Å². The van der Waals surface area contributed by atoms with Crippen molar-refractivity contribution in [2.24, 2.45) is 0 Å². The molecular weight excluding hydrogens is 1300 g/mol. The highest BCUT2D eigenvalue weighted by atomic mass is 16.5. The summed E-state index contributed by atoms with van der Waals surface area (Å²) in [6, 6.07) is 8.32. The molecule has 12 heterocycles. The molecule has 0 saturated heterocycles. The van der Waals surface area contributed by atoms with Crippen LogP contribution in [0.1, 0.15) is 314 Å². The van der Waals surface area contributed by atoms with Crippen molar-refractivity contribution >= 4 is 114 Å². The first-order valence-corrected chi connectivity index (χ1v) is 38.0. The van der Waals surface area contributed by atoms with Crippen molar-refractivity contribution in [1.29, 1.82) is 0 Å². The van der Waals surface area contributed by atoms with Gasteiger partial charge in [-0.05, 0) is 173 Å². The molecule has 0 spiro atoms. The number of hydrogen-bond donors (Lipinski definition) is 4. The molecule has 4 atom stereocenters. The SMILES string of the molecule is CCCCCCN1C(=O)c2c3nc(c(/C=C/C=C/C=C/c4c5nc(c6c7[nH]c(cc8nc(cc9[nH]c4c(C)c9CC)C(C)=C8CC)c(C)c7C(=O)N(CCCCCC)C6=O)[C@@H](CCC(=O)OC)[C@@H]5C)c4[nH]c(cc5nc(cc6[nH]c2c(c6C)C1=O)C(CC)=C5C)c(CC)c4C)[C@@H](C)[C@@H]3CCC(=O)OC. The molecule has 0 radical (unpaired) electrons. The zero-order chi connectivity index (χ0) is 74.3. The van der Waals surface area contributed by atoms with E-state index in [2.05, 4.69) is 127 Å². The number of nitrogens with one attached hydrogen (secondary N) is 4. The largest absolute Gasteiger partial charge is 0.469 e. The topological polar surface area (TPSA) is 242 Å². The smallest absolute Gasteiger partial charge is 0.305 e. The van der Waals surface area contributed by atoms with Gasteiger partial charge < -0.3 is 29.4 Å². The quantitative estimate of drug-likeness (QED) is 0.0191. The molecule has 6 aliphatic rings. The van der Waals surface area contributed by atoms with E-state index in [0.29, 0.717) is 81.4 Å². The molecule has 0 unspecified atom stereocenters. The molecule has 0 aliphatic carbocycles. The lowest BCUT2D eigenvalue weighted by Gasteiger charge is -2.27. The third-order valence-electron chi connectivity index (χ3n) is 23.0. The van der Waals surface area contributed by atoms with Gasteiger partial charge >= 0.3 is 11.9 Å². The number of aryl methyl sites for hydroxylation is 6. The molecule has 16 bridgehead atoms. The number of allylic oxidation sites excluding steroid dienone is 8. The highest BCUT2D eigenvalue weighted by Crippen LogP contribution is 2.49. The molecule has 6 aromatic rings. The van der Waals surface area contributed by atoms with Crippen LogP contribution < -0.4 is 0 Å². The molecule has 18 nitrogen and oxygen atoms in total. The van der Waals surface area contributed by atoms with E-state index < -0.39 is 23.7 Å². The molecule has 544 valence electrons. The van der Waals surface area contributed by atoms with E-state index in [1.165, 1.54) is 24.0 Å². The first-order chi connectivity index (χ1) is 50.1. The van der Waals surface area contributed by atoms with Gasteiger partial charge in [-0.1, -0.05) is 130 Å². The average Bonchev–Trinajstić information content (AvgIpc) is 1.57. The summed E-state index contributed by atoms with van der Waals surface area (Å²) < 4.78 is 10.5. The van der Waals surface area contributed by atoms with Crippen LogP contribution in [0.2, 0.25) is 0 Å². The first-order valence-electron chi connectivity index (χ1n) is 38.0. The number of H-pyrrole nitrogens is 4. The Hall–Kier alpha value is -9.84. The molecule has 18 heteroatoms. The predicted octanol–water partition coefficient (Wildman–Crippen LogP) is 19.3. The maximum atomic E-state index is 15.6. The number of aromatic nitrogens is 8. The standard InChI is InChI=1S/C86H102N10O8/c1-17-23-25-31-39-95-83(99)71-51(13)63-43-65-53(19-3)45(7)61(87-65)41-67-55(21-5)47(9)75(91-67)59(77-49(11)57(35-37-69(97)103-15)79(93-77)73(85(95)101)81(71)89-63)33-29-27-28-30-34-60-76-48(10)56(22-6)68(92-76)42-62-46(8)54(20-4)66(88-62)44-64-52(14)72-82(90-64)74(86(102)96(84(72)100)40-32-26-24-18-2)80-58(36-38-70(98)104-16)50(12)78(60)94-80/h27-30,33-34,41-44,49-50,57-58,89-92H,17-26,31-32,35-40H2,1-16H3/b28-27+,33-29+,34-30+,61-41?,62-42?,63-43?,64-44?,65-43?,66-44?,67-41?,68-42?,75-59?,76-60?,77-59?,78-60?,79-73?,80-74?/t49-,50-,57-,58-/m0/s1. The summed E-state index contributed by atoms with van der Waals surface area (Å²) in [6.45, 7) is 29.9.